The van der Waals surface area contributed by atoms with E-state index in [2.05, 4.69) is 10.3 Å². The second-order valence-electron chi connectivity index (χ2n) is 3.15. The van der Waals surface area contributed by atoms with Crippen LogP contribution in [-0.4, -0.2) is 11.5 Å². The average Bonchev–Trinajstić information content (AvgIpc) is 2.17. The molecule has 2 rings (SSSR count). The summed E-state index contributed by atoms with van der Waals surface area (Å²) in [4.78, 5) is 13.9. The molecule has 0 unspecified atom stereocenters. The van der Waals surface area contributed by atoms with Crippen molar-refractivity contribution in [1.29, 1.82) is 0 Å². The number of aromatic nitrogens is 1. The summed E-state index contributed by atoms with van der Waals surface area (Å²) in [5.41, 5.74) is 1.84. The number of benzene rings is 1. The molecule has 1 aromatic carbocycles. The van der Waals surface area contributed by atoms with Gasteiger partial charge in [0.15, 0.2) is 0 Å². The van der Waals surface area contributed by atoms with Crippen LogP contribution in [0.4, 0.5) is 5.69 Å². The number of anilines is 1. The van der Waals surface area contributed by atoms with Gasteiger partial charge in [-0.1, -0.05) is 6.07 Å². The Morgan fingerprint density at radius 3 is 2.86 bits per heavy atom. The fourth-order valence-corrected chi connectivity index (χ4v) is 1.46. The van der Waals surface area contributed by atoms with Crippen molar-refractivity contribution in [3.8, 4) is 0 Å². The molecule has 1 heterocycles. The van der Waals surface area contributed by atoms with Crippen LogP contribution in [0, 0.1) is 0 Å². The Balaban J connectivity index is 2.58. The summed E-state index contributed by atoms with van der Waals surface area (Å²) in [5.74, 6) is 0. The molecule has 0 spiro atoms. The highest BCUT2D eigenvalue weighted by Crippen LogP contribution is 2.15. The highest BCUT2D eigenvalue weighted by atomic mass is 16.1. The molecule has 0 saturated carbocycles. The second-order valence-corrected chi connectivity index (χ2v) is 3.15. The molecular weight excluding hydrogens is 176 g/mol. The van der Waals surface area contributed by atoms with Crippen LogP contribution in [0.15, 0.2) is 35.1 Å². The van der Waals surface area contributed by atoms with Crippen LogP contribution in [0.1, 0.15) is 6.92 Å². The summed E-state index contributed by atoms with van der Waals surface area (Å²) < 4.78 is 0. The molecule has 0 aliphatic heterocycles. The van der Waals surface area contributed by atoms with Crippen molar-refractivity contribution < 1.29 is 0 Å². The summed E-state index contributed by atoms with van der Waals surface area (Å²) >= 11 is 0. The predicted octanol–water partition coefficient (Wildman–Crippen LogP) is 1.96. The minimum absolute atomic E-state index is 0.0638. The highest BCUT2D eigenvalue weighted by Gasteiger charge is 1.95. The molecule has 3 nitrogen and oxygen atoms in total. The molecule has 0 fully saturated rings. The predicted molar refractivity (Wildman–Crippen MR) is 58.7 cm³/mol. The zero-order chi connectivity index (χ0) is 9.97. The third-order valence-corrected chi connectivity index (χ3v) is 2.11. The zero-order valence-corrected chi connectivity index (χ0v) is 8.00. The van der Waals surface area contributed by atoms with Crippen LogP contribution >= 0.6 is 0 Å². The van der Waals surface area contributed by atoms with E-state index in [-0.39, 0.29) is 5.56 Å². The Morgan fingerprint density at radius 2 is 2.07 bits per heavy atom. The van der Waals surface area contributed by atoms with E-state index in [1.807, 2.05) is 31.2 Å². The van der Waals surface area contributed by atoms with Crippen LogP contribution in [-0.2, 0) is 0 Å². The van der Waals surface area contributed by atoms with E-state index < -0.39 is 0 Å². The third kappa shape index (κ3) is 1.62. The normalized spacial score (nSPS) is 10.4. The SMILES string of the molecule is CCNc1ccc2ccc(=O)[nH]c2c1. The van der Waals surface area contributed by atoms with Crippen LogP contribution in [0.3, 0.4) is 0 Å². The minimum Gasteiger partial charge on any atom is -0.385 e. The first-order valence-corrected chi connectivity index (χ1v) is 4.66. The highest BCUT2D eigenvalue weighted by molar-refractivity contribution is 5.81. The topological polar surface area (TPSA) is 44.9 Å². The first-order chi connectivity index (χ1) is 6.79. The van der Waals surface area contributed by atoms with Gasteiger partial charge in [-0.25, -0.2) is 0 Å². The quantitative estimate of drug-likeness (QED) is 0.756. The number of hydrogen-bond acceptors (Lipinski definition) is 2. The molecule has 72 valence electrons. The first kappa shape index (κ1) is 8.81. The van der Waals surface area contributed by atoms with Gasteiger partial charge in [-0.3, -0.25) is 4.79 Å². The molecule has 0 amide bonds. The van der Waals surface area contributed by atoms with E-state index in [9.17, 15) is 4.79 Å². The van der Waals surface area contributed by atoms with E-state index in [1.54, 1.807) is 0 Å². The average molecular weight is 188 g/mol. The lowest BCUT2D eigenvalue weighted by atomic mass is 10.2. The lowest BCUT2D eigenvalue weighted by Crippen LogP contribution is -2.03. The van der Waals surface area contributed by atoms with Gasteiger partial charge in [0.25, 0.3) is 0 Å². The van der Waals surface area contributed by atoms with Crippen LogP contribution in [0.25, 0.3) is 10.9 Å². The lowest BCUT2D eigenvalue weighted by Gasteiger charge is -2.04. The molecule has 1 aromatic heterocycles. The molecule has 0 radical (unpaired) electrons. The maximum Gasteiger partial charge on any atom is 0.248 e. The molecule has 14 heavy (non-hydrogen) atoms. The van der Waals surface area contributed by atoms with Crippen molar-refractivity contribution in [2.24, 2.45) is 0 Å². The molecule has 0 aliphatic rings. The van der Waals surface area contributed by atoms with Crippen molar-refractivity contribution in [2.75, 3.05) is 11.9 Å². The van der Waals surface area contributed by atoms with Crippen LogP contribution in [0.2, 0.25) is 0 Å². The summed E-state index contributed by atoms with van der Waals surface area (Å²) in [6.45, 7) is 2.92. The summed E-state index contributed by atoms with van der Waals surface area (Å²) in [7, 11) is 0. The van der Waals surface area contributed by atoms with E-state index >= 15 is 0 Å². The number of fused-ring (bicyclic) bond motifs is 1. The zero-order valence-electron chi connectivity index (χ0n) is 8.00. The number of hydrogen-bond donors (Lipinski definition) is 2. The van der Waals surface area contributed by atoms with Gasteiger partial charge < -0.3 is 10.3 Å². The number of H-pyrrole nitrogens is 1. The van der Waals surface area contributed by atoms with Crippen LogP contribution < -0.4 is 10.9 Å². The largest absolute Gasteiger partial charge is 0.385 e. The van der Waals surface area contributed by atoms with Gasteiger partial charge in [0.05, 0.1) is 5.52 Å². The fourth-order valence-electron chi connectivity index (χ4n) is 1.46. The number of nitrogens with one attached hydrogen (secondary N) is 2. The molecular formula is C11H12N2O. The molecule has 0 atom stereocenters. The minimum atomic E-state index is -0.0638. The maximum atomic E-state index is 11.1. The van der Waals surface area contributed by atoms with Crippen molar-refractivity contribution in [3.05, 3.63) is 40.7 Å². The van der Waals surface area contributed by atoms with Gasteiger partial charge in [0.1, 0.15) is 0 Å². The summed E-state index contributed by atoms with van der Waals surface area (Å²) in [5, 5.41) is 4.24. The third-order valence-electron chi connectivity index (χ3n) is 2.11. The Labute approximate surface area is 81.8 Å². The van der Waals surface area contributed by atoms with Gasteiger partial charge in [-0.05, 0) is 30.5 Å². The second kappa shape index (κ2) is 3.54. The van der Waals surface area contributed by atoms with Crippen molar-refractivity contribution in [2.45, 2.75) is 6.92 Å². The Morgan fingerprint density at radius 1 is 1.29 bits per heavy atom. The van der Waals surface area contributed by atoms with E-state index in [1.165, 1.54) is 6.07 Å². The molecule has 2 N–H and O–H groups in total. The first-order valence-electron chi connectivity index (χ1n) is 4.66. The van der Waals surface area contributed by atoms with Gasteiger partial charge in [-0.15, -0.1) is 0 Å². The van der Waals surface area contributed by atoms with E-state index in [0.717, 1.165) is 23.1 Å². The van der Waals surface area contributed by atoms with Crippen LogP contribution in [0.5, 0.6) is 0 Å². The molecule has 3 heteroatoms. The number of rotatable bonds is 2. The van der Waals surface area contributed by atoms with E-state index in [0.29, 0.717) is 0 Å². The summed E-state index contributed by atoms with van der Waals surface area (Å²) in [6, 6.07) is 9.30. The van der Waals surface area contributed by atoms with Crippen molar-refractivity contribution in [3.63, 3.8) is 0 Å². The Bertz CT molecular complexity index is 502. The Hall–Kier alpha value is -1.77. The molecule has 2 aromatic rings. The molecule has 0 aliphatic carbocycles. The number of aromatic amines is 1. The summed E-state index contributed by atoms with van der Waals surface area (Å²) in [6.07, 6.45) is 0. The smallest absolute Gasteiger partial charge is 0.248 e. The standard InChI is InChI=1S/C11H12N2O/c1-2-12-9-5-3-8-4-6-11(14)13-10(8)7-9/h3-7,12H,2H2,1H3,(H,13,14). The number of pyridine rings is 1. The van der Waals surface area contributed by atoms with Crippen molar-refractivity contribution in [1.82, 2.24) is 4.98 Å². The van der Waals surface area contributed by atoms with E-state index in [4.69, 9.17) is 0 Å². The lowest BCUT2D eigenvalue weighted by molar-refractivity contribution is 1.21. The fraction of sp³-hybridized carbons (Fsp3) is 0.182. The van der Waals surface area contributed by atoms with Gasteiger partial charge in [0.2, 0.25) is 5.56 Å². The monoisotopic (exact) mass is 188 g/mol. The molecule has 0 bridgehead atoms. The van der Waals surface area contributed by atoms with Gasteiger partial charge in [-0.2, -0.15) is 0 Å². The maximum absolute atomic E-state index is 11.1. The molecule has 0 saturated heterocycles. The Kier molecular flexibility index (Phi) is 2.23. The van der Waals surface area contributed by atoms with Gasteiger partial charge in [0, 0.05) is 18.3 Å². The van der Waals surface area contributed by atoms with Gasteiger partial charge >= 0.3 is 0 Å². The van der Waals surface area contributed by atoms with Crippen molar-refractivity contribution >= 4 is 16.6 Å².